The minimum absolute atomic E-state index is 0.0508. The standard InChI is InChI=1S/C14H16O.2C2H6/c1-11-10-13(15)8-9-14(11,2)12-6-4-3-5-7-12;2*1-2/h3-7,10H,8-9H2,1-2H3;2*1-2H3/t14-;;/m1../s1. The van der Waals surface area contributed by atoms with Crippen molar-refractivity contribution in [2.75, 3.05) is 0 Å². The van der Waals surface area contributed by atoms with Crippen LogP contribution in [-0.4, -0.2) is 5.78 Å². The Kier molecular flexibility index (Phi) is 8.06. The van der Waals surface area contributed by atoms with Crippen LogP contribution < -0.4 is 0 Å². The molecule has 0 radical (unpaired) electrons. The molecule has 0 amide bonds. The molecule has 2 rings (SSSR count). The molecule has 106 valence electrons. The molecule has 0 saturated carbocycles. The maximum atomic E-state index is 11.3. The van der Waals surface area contributed by atoms with Crippen molar-refractivity contribution in [2.24, 2.45) is 0 Å². The molecule has 1 aromatic carbocycles. The van der Waals surface area contributed by atoms with E-state index >= 15 is 0 Å². The van der Waals surface area contributed by atoms with E-state index in [0.717, 1.165) is 6.42 Å². The highest BCUT2D eigenvalue weighted by Crippen LogP contribution is 2.38. The molecule has 1 aliphatic carbocycles. The molecular weight excluding hydrogens is 232 g/mol. The predicted octanol–water partition coefficient (Wildman–Crippen LogP) is 5.31. The molecule has 1 nitrogen and oxygen atoms in total. The number of hydrogen-bond acceptors (Lipinski definition) is 1. The Balaban J connectivity index is 0.000000741. The van der Waals surface area contributed by atoms with Crippen molar-refractivity contribution in [3.05, 3.63) is 47.5 Å². The van der Waals surface area contributed by atoms with Gasteiger partial charge in [-0.05, 0) is 25.0 Å². The summed E-state index contributed by atoms with van der Waals surface area (Å²) >= 11 is 0. The lowest BCUT2D eigenvalue weighted by Crippen LogP contribution is -2.28. The molecule has 1 heteroatoms. The third kappa shape index (κ3) is 4.34. The van der Waals surface area contributed by atoms with E-state index in [9.17, 15) is 4.79 Å². The van der Waals surface area contributed by atoms with Crippen molar-refractivity contribution >= 4 is 5.78 Å². The van der Waals surface area contributed by atoms with Gasteiger partial charge in [0, 0.05) is 11.8 Å². The van der Waals surface area contributed by atoms with Crippen LogP contribution in [0.4, 0.5) is 0 Å². The number of hydrogen-bond donors (Lipinski definition) is 0. The highest BCUT2D eigenvalue weighted by Gasteiger charge is 2.32. The number of rotatable bonds is 1. The van der Waals surface area contributed by atoms with Crippen molar-refractivity contribution in [1.82, 2.24) is 0 Å². The van der Waals surface area contributed by atoms with Gasteiger partial charge < -0.3 is 0 Å². The summed E-state index contributed by atoms with van der Waals surface area (Å²) in [5, 5.41) is 0. The average molecular weight is 260 g/mol. The molecule has 0 saturated heterocycles. The maximum absolute atomic E-state index is 11.3. The first-order valence-electron chi connectivity index (χ1n) is 7.40. The van der Waals surface area contributed by atoms with Crippen LogP contribution in [0.15, 0.2) is 42.0 Å². The number of carbonyl (C=O) groups excluding carboxylic acids is 1. The second kappa shape index (κ2) is 8.68. The first-order valence-corrected chi connectivity index (χ1v) is 7.40. The van der Waals surface area contributed by atoms with Crippen LogP contribution in [-0.2, 0) is 10.2 Å². The Labute approximate surface area is 118 Å². The quantitative estimate of drug-likeness (QED) is 0.669. The highest BCUT2D eigenvalue weighted by atomic mass is 16.1. The summed E-state index contributed by atoms with van der Waals surface area (Å²) in [6.45, 7) is 12.3. The van der Waals surface area contributed by atoms with E-state index in [4.69, 9.17) is 0 Å². The molecule has 1 aromatic rings. The van der Waals surface area contributed by atoms with Crippen LogP contribution in [0, 0.1) is 0 Å². The Morgan fingerprint density at radius 1 is 1.00 bits per heavy atom. The SMILES string of the molecule is CC.CC.CC1=CC(=O)CC[C@@]1(C)c1ccccc1. The molecule has 0 aliphatic heterocycles. The minimum atomic E-state index is 0.0508. The lowest BCUT2D eigenvalue weighted by Gasteiger charge is -2.34. The Morgan fingerprint density at radius 3 is 2.00 bits per heavy atom. The van der Waals surface area contributed by atoms with Crippen LogP contribution in [0.2, 0.25) is 0 Å². The summed E-state index contributed by atoms with van der Waals surface area (Å²) in [5.41, 5.74) is 2.55. The molecule has 19 heavy (non-hydrogen) atoms. The fourth-order valence-corrected chi connectivity index (χ4v) is 2.22. The molecule has 1 atom stereocenters. The zero-order valence-electron chi connectivity index (χ0n) is 13.3. The van der Waals surface area contributed by atoms with E-state index in [1.807, 2.05) is 33.8 Å². The second-order valence-electron chi connectivity index (χ2n) is 4.49. The average Bonchev–Trinajstić information content (AvgIpc) is 2.48. The zero-order valence-corrected chi connectivity index (χ0v) is 13.3. The Bertz CT molecular complexity index is 403. The summed E-state index contributed by atoms with van der Waals surface area (Å²) in [6.07, 6.45) is 3.40. The fraction of sp³-hybridized carbons (Fsp3) is 0.500. The highest BCUT2D eigenvalue weighted by molar-refractivity contribution is 5.92. The summed E-state index contributed by atoms with van der Waals surface area (Å²) in [7, 11) is 0. The van der Waals surface area contributed by atoms with E-state index in [1.54, 1.807) is 6.08 Å². The van der Waals surface area contributed by atoms with Gasteiger partial charge in [-0.1, -0.05) is 70.5 Å². The van der Waals surface area contributed by atoms with Gasteiger partial charge in [0.05, 0.1) is 0 Å². The van der Waals surface area contributed by atoms with Crippen LogP contribution >= 0.6 is 0 Å². The maximum Gasteiger partial charge on any atom is 0.155 e. The smallest absolute Gasteiger partial charge is 0.155 e. The van der Waals surface area contributed by atoms with E-state index < -0.39 is 0 Å². The zero-order chi connectivity index (χ0) is 14.9. The predicted molar refractivity (Wildman–Crippen MR) is 84.5 cm³/mol. The minimum Gasteiger partial charge on any atom is -0.295 e. The summed E-state index contributed by atoms with van der Waals surface area (Å²) in [6, 6.07) is 10.4. The lowest BCUT2D eigenvalue weighted by atomic mass is 9.70. The second-order valence-corrected chi connectivity index (χ2v) is 4.49. The molecular formula is C18H28O. The third-order valence-corrected chi connectivity index (χ3v) is 3.53. The summed E-state index contributed by atoms with van der Waals surface area (Å²) in [4.78, 5) is 11.3. The number of ketones is 1. The van der Waals surface area contributed by atoms with Crippen molar-refractivity contribution in [2.45, 2.75) is 59.8 Å². The van der Waals surface area contributed by atoms with E-state index in [0.29, 0.717) is 6.42 Å². The largest absolute Gasteiger partial charge is 0.295 e. The molecule has 0 spiro atoms. The van der Waals surface area contributed by atoms with Crippen LogP contribution in [0.3, 0.4) is 0 Å². The normalized spacial score (nSPS) is 21.4. The van der Waals surface area contributed by atoms with Gasteiger partial charge in [0.1, 0.15) is 0 Å². The Morgan fingerprint density at radius 2 is 1.53 bits per heavy atom. The van der Waals surface area contributed by atoms with Crippen LogP contribution in [0.1, 0.15) is 59.9 Å². The molecule has 0 fully saturated rings. The van der Waals surface area contributed by atoms with Gasteiger partial charge in [-0.25, -0.2) is 0 Å². The molecule has 0 unspecified atom stereocenters. The topological polar surface area (TPSA) is 17.1 Å². The van der Waals surface area contributed by atoms with Gasteiger partial charge in [-0.3, -0.25) is 4.79 Å². The molecule has 1 aliphatic rings. The van der Waals surface area contributed by atoms with E-state index in [-0.39, 0.29) is 11.2 Å². The van der Waals surface area contributed by atoms with E-state index in [1.165, 1.54) is 11.1 Å². The third-order valence-electron chi connectivity index (χ3n) is 3.53. The van der Waals surface area contributed by atoms with Gasteiger partial charge in [-0.2, -0.15) is 0 Å². The van der Waals surface area contributed by atoms with Crippen molar-refractivity contribution in [3.8, 4) is 0 Å². The number of benzene rings is 1. The van der Waals surface area contributed by atoms with Gasteiger partial charge >= 0.3 is 0 Å². The van der Waals surface area contributed by atoms with Crippen LogP contribution in [0.5, 0.6) is 0 Å². The first-order chi connectivity index (χ1) is 9.13. The van der Waals surface area contributed by atoms with Crippen molar-refractivity contribution in [1.29, 1.82) is 0 Å². The molecule has 0 aromatic heterocycles. The van der Waals surface area contributed by atoms with E-state index in [2.05, 4.69) is 38.1 Å². The van der Waals surface area contributed by atoms with Gasteiger partial charge in [0.15, 0.2) is 5.78 Å². The molecule has 0 N–H and O–H groups in total. The summed E-state index contributed by atoms with van der Waals surface area (Å²) < 4.78 is 0. The monoisotopic (exact) mass is 260 g/mol. The lowest BCUT2D eigenvalue weighted by molar-refractivity contribution is -0.115. The molecule has 0 bridgehead atoms. The van der Waals surface area contributed by atoms with Crippen molar-refractivity contribution < 1.29 is 4.79 Å². The Hall–Kier alpha value is -1.37. The van der Waals surface area contributed by atoms with Crippen molar-refractivity contribution in [3.63, 3.8) is 0 Å². The molecule has 0 heterocycles. The number of allylic oxidation sites excluding steroid dienone is 2. The number of carbonyl (C=O) groups is 1. The first kappa shape index (κ1) is 17.6. The van der Waals surface area contributed by atoms with Gasteiger partial charge in [0.2, 0.25) is 0 Å². The van der Waals surface area contributed by atoms with Crippen LogP contribution in [0.25, 0.3) is 0 Å². The summed E-state index contributed by atoms with van der Waals surface area (Å²) in [5.74, 6) is 0.265. The van der Waals surface area contributed by atoms with Gasteiger partial charge in [-0.15, -0.1) is 0 Å². The fourth-order valence-electron chi connectivity index (χ4n) is 2.22. The van der Waals surface area contributed by atoms with Gasteiger partial charge in [0.25, 0.3) is 0 Å².